The van der Waals surface area contributed by atoms with Crippen molar-refractivity contribution in [2.75, 3.05) is 0 Å². The Kier molecular flexibility index (Phi) is 2.92. The first-order valence-corrected chi connectivity index (χ1v) is 6.25. The second-order valence-electron chi connectivity index (χ2n) is 3.89. The monoisotopic (exact) mass is 275 g/mol. The van der Waals surface area contributed by atoms with Gasteiger partial charge in [-0.15, -0.1) is 0 Å². The zero-order valence-electron chi connectivity index (χ0n) is 9.95. The van der Waals surface area contributed by atoms with Gasteiger partial charge in [-0.3, -0.25) is 4.79 Å². The van der Waals surface area contributed by atoms with Crippen molar-refractivity contribution in [2.45, 2.75) is 13.5 Å². The third-order valence-corrected chi connectivity index (χ3v) is 3.04. The van der Waals surface area contributed by atoms with E-state index >= 15 is 0 Å². The van der Waals surface area contributed by atoms with Gasteiger partial charge in [0, 0.05) is 5.56 Å². The molecule has 19 heavy (non-hydrogen) atoms. The van der Waals surface area contributed by atoms with E-state index in [0.717, 1.165) is 17.2 Å². The molecule has 1 N–H and O–H groups in total. The minimum absolute atomic E-state index is 0.201. The van der Waals surface area contributed by atoms with Crippen LogP contribution in [0.2, 0.25) is 0 Å². The standard InChI is InChI=1S/C11H9N5O2S/c1-6-13-10(18-14-6)5-12-11(17)7-2-3-8-9(4-7)16-19-15-8/h2-4H,5H2,1H3,(H,12,17). The maximum absolute atomic E-state index is 11.9. The first-order chi connectivity index (χ1) is 9.22. The lowest BCUT2D eigenvalue weighted by Crippen LogP contribution is -2.22. The van der Waals surface area contributed by atoms with Crippen LogP contribution in [-0.2, 0) is 6.54 Å². The molecular formula is C11H9N5O2S. The summed E-state index contributed by atoms with van der Waals surface area (Å²) in [5.74, 6) is 0.701. The Morgan fingerprint density at radius 1 is 1.37 bits per heavy atom. The van der Waals surface area contributed by atoms with Crippen LogP contribution in [0.15, 0.2) is 22.7 Å². The van der Waals surface area contributed by atoms with Gasteiger partial charge >= 0.3 is 0 Å². The van der Waals surface area contributed by atoms with Gasteiger partial charge in [0.05, 0.1) is 18.3 Å². The molecule has 1 amide bonds. The second kappa shape index (κ2) is 4.73. The van der Waals surface area contributed by atoms with E-state index in [9.17, 15) is 4.79 Å². The van der Waals surface area contributed by atoms with E-state index in [0.29, 0.717) is 22.8 Å². The molecule has 0 atom stereocenters. The number of hydrogen-bond acceptors (Lipinski definition) is 7. The Hall–Kier alpha value is -2.35. The number of hydrogen-bond donors (Lipinski definition) is 1. The number of carbonyl (C=O) groups excluding carboxylic acids is 1. The molecule has 1 aromatic carbocycles. The molecule has 0 saturated carbocycles. The van der Waals surface area contributed by atoms with Crippen LogP contribution < -0.4 is 5.32 Å². The van der Waals surface area contributed by atoms with Gasteiger partial charge in [-0.2, -0.15) is 13.7 Å². The van der Waals surface area contributed by atoms with Crippen molar-refractivity contribution in [3.05, 3.63) is 35.5 Å². The lowest BCUT2D eigenvalue weighted by molar-refractivity contribution is 0.0946. The zero-order valence-corrected chi connectivity index (χ0v) is 10.8. The van der Waals surface area contributed by atoms with Crippen LogP contribution in [0.1, 0.15) is 22.1 Å². The van der Waals surface area contributed by atoms with E-state index in [2.05, 4.69) is 24.2 Å². The van der Waals surface area contributed by atoms with E-state index in [4.69, 9.17) is 4.52 Å². The molecule has 0 aliphatic heterocycles. The molecule has 2 aromatic heterocycles. The predicted molar refractivity (Wildman–Crippen MR) is 67.6 cm³/mol. The molecule has 0 fully saturated rings. The van der Waals surface area contributed by atoms with Crippen LogP contribution in [0.5, 0.6) is 0 Å². The minimum atomic E-state index is -0.217. The van der Waals surface area contributed by atoms with E-state index < -0.39 is 0 Å². The van der Waals surface area contributed by atoms with E-state index in [1.54, 1.807) is 25.1 Å². The van der Waals surface area contributed by atoms with Gasteiger partial charge in [0.1, 0.15) is 11.0 Å². The van der Waals surface area contributed by atoms with Crippen molar-refractivity contribution in [1.82, 2.24) is 24.2 Å². The molecule has 7 nitrogen and oxygen atoms in total. The summed E-state index contributed by atoms with van der Waals surface area (Å²) in [4.78, 5) is 15.9. The van der Waals surface area contributed by atoms with Crippen LogP contribution in [0.4, 0.5) is 0 Å². The number of amides is 1. The van der Waals surface area contributed by atoms with Crippen LogP contribution >= 0.6 is 11.7 Å². The van der Waals surface area contributed by atoms with Gasteiger partial charge in [0.2, 0.25) is 5.89 Å². The third-order valence-electron chi connectivity index (χ3n) is 2.49. The summed E-state index contributed by atoms with van der Waals surface area (Å²) in [6.45, 7) is 1.92. The molecule has 3 aromatic rings. The lowest BCUT2D eigenvalue weighted by Gasteiger charge is -2.01. The summed E-state index contributed by atoms with van der Waals surface area (Å²) in [6.07, 6.45) is 0. The number of nitrogens with one attached hydrogen (secondary N) is 1. The van der Waals surface area contributed by atoms with Crippen molar-refractivity contribution in [2.24, 2.45) is 0 Å². The van der Waals surface area contributed by atoms with Crippen LogP contribution in [0.25, 0.3) is 11.0 Å². The predicted octanol–water partition coefficient (Wildman–Crippen LogP) is 1.31. The van der Waals surface area contributed by atoms with Gasteiger partial charge in [0.15, 0.2) is 5.82 Å². The highest BCUT2D eigenvalue weighted by atomic mass is 32.1. The Morgan fingerprint density at radius 3 is 3.00 bits per heavy atom. The molecule has 0 aliphatic rings. The van der Waals surface area contributed by atoms with Crippen LogP contribution in [0, 0.1) is 6.92 Å². The number of nitrogens with zero attached hydrogens (tertiary/aromatic N) is 4. The maximum Gasteiger partial charge on any atom is 0.251 e. The zero-order chi connectivity index (χ0) is 13.2. The first kappa shape index (κ1) is 11.7. The molecule has 2 heterocycles. The second-order valence-corrected chi connectivity index (χ2v) is 4.41. The number of carbonyl (C=O) groups is 1. The van der Waals surface area contributed by atoms with Gasteiger partial charge in [-0.25, -0.2) is 0 Å². The largest absolute Gasteiger partial charge is 0.343 e. The summed E-state index contributed by atoms with van der Waals surface area (Å²) < 4.78 is 13.1. The van der Waals surface area contributed by atoms with Crippen LogP contribution in [0.3, 0.4) is 0 Å². The molecule has 0 radical (unpaired) electrons. The molecule has 3 rings (SSSR count). The molecule has 0 aliphatic carbocycles. The Labute approximate surface area is 112 Å². The normalized spacial score (nSPS) is 10.8. The molecule has 8 heteroatoms. The Balaban J connectivity index is 1.72. The fourth-order valence-electron chi connectivity index (χ4n) is 1.59. The molecular weight excluding hydrogens is 266 g/mol. The lowest BCUT2D eigenvalue weighted by atomic mass is 10.2. The molecule has 0 bridgehead atoms. The SMILES string of the molecule is Cc1noc(CNC(=O)c2ccc3nsnc3c2)n1. The number of benzene rings is 1. The topological polar surface area (TPSA) is 93.8 Å². The molecule has 96 valence electrons. The molecule has 0 spiro atoms. The smallest absolute Gasteiger partial charge is 0.251 e. The van der Waals surface area contributed by atoms with Crippen molar-refractivity contribution in [3.63, 3.8) is 0 Å². The molecule has 0 unspecified atom stereocenters. The van der Waals surface area contributed by atoms with E-state index in [1.807, 2.05) is 0 Å². The van der Waals surface area contributed by atoms with Gasteiger partial charge in [0.25, 0.3) is 5.91 Å². The average molecular weight is 275 g/mol. The highest BCUT2D eigenvalue weighted by Gasteiger charge is 2.10. The Morgan fingerprint density at radius 2 is 2.21 bits per heavy atom. The van der Waals surface area contributed by atoms with E-state index in [-0.39, 0.29) is 12.5 Å². The summed E-state index contributed by atoms with van der Waals surface area (Å²) in [7, 11) is 0. The highest BCUT2D eigenvalue weighted by molar-refractivity contribution is 7.00. The summed E-state index contributed by atoms with van der Waals surface area (Å²) in [5, 5.41) is 6.35. The minimum Gasteiger partial charge on any atom is -0.343 e. The fourth-order valence-corrected chi connectivity index (χ4v) is 2.11. The fraction of sp³-hybridized carbons (Fsp3) is 0.182. The first-order valence-electron chi connectivity index (χ1n) is 5.52. The average Bonchev–Trinajstić information content (AvgIpc) is 3.03. The summed E-state index contributed by atoms with van der Waals surface area (Å²) >= 11 is 1.12. The van der Waals surface area contributed by atoms with Crippen molar-refractivity contribution in [3.8, 4) is 0 Å². The summed E-state index contributed by atoms with van der Waals surface area (Å²) in [6, 6.07) is 5.18. The van der Waals surface area contributed by atoms with Crippen molar-refractivity contribution < 1.29 is 9.32 Å². The molecule has 0 saturated heterocycles. The van der Waals surface area contributed by atoms with Crippen LogP contribution in [-0.4, -0.2) is 24.8 Å². The van der Waals surface area contributed by atoms with Crippen molar-refractivity contribution in [1.29, 1.82) is 0 Å². The number of fused-ring (bicyclic) bond motifs is 1. The number of aromatic nitrogens is 4. The van der Waals surface area contributed by atoms with Crippen molar-refractivity contribution >= 4 is 28.7 Å². The number of rotatable bonds is 3. The number of aryl methyl sites for hydroxylation is 1. The van der Waals surface area contributed by atoms with Gasteiger partial charge in [-0.05, 0) is 25.1 Å². The quantitative estimate of drug-likeness (QED) is 0.774. The van der Waals surface area contributed by atoms with Gasteiger partial charge in [-0.1, -0.05) is 5.16 Å². The van der Waals surface area contributed by atoms with Gasteiger partial charge < -0.3 is 9.84 Å². The third kappa shape index (κ3) is 2.43. The maximum atomic E-state index is 11.9. The summed E-state index contributed by atoms with van der Waals surface area (Å²) in [5.41, 5.74) is 2.02. The Bertz CT molecular complexity index is 735. The highest BCUT2D eigenvalue weighted by Crippen LogP contribution is 2.13. The van der Waals surface area contributed by atoms with E-state index in [1.165, 1.54) is 0 Å².